The van der Waals surface area contributed by atoms with Crippen molar-refractivity contribution < 1.29 is 65.9 Å². The smallest absolute Gasteiger partial charge is 0.430 e. The number of aryl methyl sites for hydroxylation is 1. The van der Waals surface area contributed by atoms with Crippen molar-refractivity contribution in [3.63, 3.8) is 0 Å². The zero-order valence-corrected chi connectivity index (χ0v) is 50.0. The van der Waals surface area contributed by atoms with E-state index in [0.29, 0.717) is 28.0 Å². The van der Waals surface area contributed by atoms with Crippen molar-refractivity contribution in [2.75, 3.05) is 30.5 Å². The highest BCUT2D eigenvalue weighted by atomic mass is 32.2. The average Bonchev–Trinajstić information content (AvgIpc) is 1.99. The van der Waals surface area contributed by atoms with Gasteiger partial charge >= 0.3 is 18.1 Å². The lowest BCUT2D eigenvalue weighted by molar-refractivity contribution is -0.642. The first-order valence-electron chi connectivity index (χ1n) is 26.9. The molecule has 0 spiro atoms. The van der Waals surface area contributed by atoms with Gasteiger partial charge in [-0.05, 0) is 68.5 Å². The molecular formula is C64H52F3N7O10S4. The molecule has 2 N–H and O–H groups in total. The molecule has 448 valence electrons. The van der Waals surface area contributed by atoms with Gasteiger partial charge in [0.25, 0.3) is 16.6 Å². The number of anilines is 1. The van der Waals surface area contributed by atoms with Gasteiger partial charge in [-0.2, -0.15) is 17.7 Å². The molecular weight excluding hydrogens is 1210 g/mol. The van der Waals surface area contributed by atoms with E-state index in [1.807, 2.05) is 182 Å². The number of carbonyl (C=O) groups excluding carboxylic acids is 5. The molecule has 17 nitrogen and oxygen atoms in total. The van der Waals surface area contributed by atoms with Crippen molar-refractivity contribution in [3.05, 3.63) is 250 Å². The number of aliphatic carboxylic acids is 1. The monoisotopic (exact) mass is 1260 g/mol. The van der Waals surface area contributed by atoms with E-state index in [9.17, 15) is 32.3 Å². The second-order valence-corrected chi connectivity index (χ2v) is 23.7. The highest BCUT2D eigenvalue weighted by Gasteiger charge is 2.55. The van der Waals surface area contributed by atoms with Gasteiger partial charge in [-0.3, -0.25) is 14.5 Å². The van der Waals surface area contributed by atoms with Crippen LogP contribution in [0.15, 0.2) is 220 Å². The Balaban J connectivity index is 0.00000115. The number of thiazole rings is 2. The molecule has 1 saturated heterocycles. The molecule has 0 aliphatic carbocycles. The predicted octanol–water partition coefficient (Wildman–Crippen LogP) is 9.53. The lowest BCUT2D eigenvalue weighted by Gasteiger charge is -2.49. The van der Waals surface area contributed by atoms with Crippen LogP contribution >= 0.6 is 46.2 Å². The molecule has 1 unspecified atom stereocenters. The quantitative estimate of drug-likeness (QED) is 0.0130. The second-order valence-electron chi connectivity index (χ2n) is 19.5. The van der Waals surface area contributed by atoms with Gasteiger partial charge in [0.1, 0.15) is 59.2 Å². The molecule has 0 bridgehead atoms. The van der Waals surface area contributed by atoms with Crippen molar-refractivity contribution in [1.82, 2.24) is 20.2 Å². The number of alkyl halides is 3. The van der Waals surface area contributed by atoms with Gasteiger partial charge in [-0.15, -0.1) is 23.1 Å². The molecule has 5 heterocycles. The minimum atomic E-state index is -5.19. The van der Waals surface area contributed by atoms with Crippen molar-refractivity contribution in [2.24, 2.45) is 12.2 Å². The molecule has 0 radical (unpaired) electrons. The molecule has 9 aromatic rings. The van der Waals surface area contributed by atoms with Crippen LogP contribution in [0.5, 0.6) is 5.75 Å². The topological polar surface area (TPSA) is 215 Å². The van der Waals surface area contributed by atoms with E-state index >= 15 is 0 Å². The van der Waals surface area contributed by atoms with E-state index in [1.165, 1.54) is 39.8 Å². The van der Waals surface area contributed by atoms with Gasteiger partial charge in [-0.1, -0.05) is 181 Å². The number of pyridine rings is 1. The standard InChI is InChI=1S/C62H51N7O8S4.C2HF3O2/c1-68-34-18-29-48-57(68)81-61(64-48)80-38-43-37-78-58-52(56(72)69(58)53(43)59(73)75-35-40-30-32-47(74-2)33-31-40)65-55(71)51(67-76-36-50(70)77-54(41-19-8-3-9-20-41)42-21-10-4-11-22-42)49-39-79-60(63-49)66-62(44-23-12-5-13-24-44,45-25-14-6-15-26-45)46-27-16-7-17-28-46;3-2(4,5)1(6)7/h3-34,39,52,54,58H,35-38H2,1-2H3,(H-,63,65,66,71);(H,6,7)/b67-51-;/t52?,58-;/m0./s1. The highest BCUT2D eigenvalue weighted by Crippen LogP contribution is 2.44. The number of ether oxygens (including phenoxy) is 3. The number of esters is 2. The van der Waals surface area contributed by atoms with Crippen LogP contribution in [-0.2, 0) is 57.5 Å². The SMILES string of the molecule is COc1ccc(COC(=O)C2=C(CSc3nc4ccc[n+](C)c4s3)CS[C@H]3C(NC(=O)/C(=N\OCC(=O)OC(c4ccccc4)c4ccccc4)c4csc(NC(c5ccccc5)(c5ccccc5)c5ccccc5)n4)C(=O)N23)cc1.O=C([O-])C(F)(F)F. The number of carboxylic acid groups (broad SMARTS) is 1. The van der Waals surface area contributed by atoms with Crippen molar-refractivity contribution >= 4 is 97.1 Å². The van der Waals surface area contributed by atoms with Gasteiger partial charge < -0.3 is 39.6 Å². The summed E-state index contributed by atoms with van der Waals surface area (Å²) >= 11 is 5.67. The maximum absolute atomic E-state index is 14.9. The maximum atomic E-state index is 14.9. The van der Waals surface area contributed by atoms with Gasteiger partial charge in [0.2, 0.25) is 6.61 Å². The van der Waals surface area contributed by atoms with Crippen LogP contribution in [0.1, 0.15) is 45.2 Å². The molecule has 2 aliphatic rings. The number of halogens is 3. The van der Waals surface area contributed by atoms with E-state index in [2.05, 4.69) is 15.8 Å². The van der Waals surface area contributed by atoms with Crippen LogP contribution in [0.4, 0.5) is 18.3 Å². The van der Waals surface area contributed by atoms with Gasteiger partial charge in [0.05, 0.1) is 7.11 Å². The third-order valence-electron chi connectivity index (χ3n) is 13.8. The number of carboxylic acids is 1. The normalized spacial score (nSPS) is 14.9. The summed E-state index contributed by atoms with van der Waals surface area (Å²) in [7, 11) is 3.54. The van der Waals surface area contributed by atoms with Crippen LogP contribution in [-0.4, -0.2) is 93.1 Å². The number of hydrogen-bond donors (Lipinski definition) is 2. The van der Waals surface area contributed by atoms with Gasteiger partial charge in [0.15, 0.2) is 27.5 Å². The lowest BCUT2D eigenvalue weighted by atomic mass is 9.77. The molecule has 6 aromatic carbocycles. The number of hydrogen-bond acceptors (Lipinski definition) is 18. The van der Waals surface area contributed by atoms with Crippen molar-refractivity contribution in [2.45, 2.75) is 40.2 Å². The lowest BCUT2D eigenvalue weighted by Crippen LogP contribution is -2.71. The number of fused-ring (bicyclic) bond motifs is 2. The Morgan fingerprint density at radius 1 is 0.795 bits per heavy atom. The summed E-state index contributed by atoms with van der Waals surface area (Å²) < 4.78 is 51.6. The molecule has 2 atom stereocenters. The summed E-state index contributed by atoms with van der Waals surface area (Å²) in [4.78, 5) is 84.2. The first-order valence-corrected chi connectivity index (χ1v) is 30.7. The number of β-lactam (4-membered cyclic amide) rings is 1. The Morgan fingerprint density at radius 3 is 1.91 bits per heavy atom. The largest absolute Gasteiger partial charge is 0.542 e. The maximum Gasteiger partial charge on any atom is 0.430 e. The van der Waals surface area contributed by atoms with E-state index in [1.54, 1.807) is 48.1 Å². The molecule has 24 heteroatoms. The number of carbonyl (C=O) groups is 5. The molecule has 11 rings (SSSR count). The number of thioether (sulfide) groups is 2. The first-order chi connectivity index (χ1) is 42.6. The number of nitrogens with one attached hydrogen (secondary N) is 2. The fourth-order valence-corrected chi connectivity index (χ4v) is 13.9. The Labute approximate surface area is 518 Å². The number of oxime groups is 1. The van der Waals surface area contributed by atoms with Crippen LogP contribution in [0.3, 0.4) is 0 Å². The number of nitrogens with zero attached hydrogens (tertiary/aromatic N) is 5. The zero-order chi connectivity index (χ0) is 61.8. The van der Waals surface area contributed by atoms with Crippen molar-refractivity contribution in [3.8, 4) is 5.75 Å². The van der Waals surface area contributed by atoms with Crippen molar-refractivity contribution in [1.29, 1.82) is 0 Å². The third-order valence-corrected chi connectivity index (χ3v) is 18.3. The minimum Gasteiger partial charge on any atom is -0.542 e. The van der Waals surface area contributed by atoms with Gasteiger partial charge in [0, 0.05) is 23.0 Å². The highest BCUT2D eigenvalue weighted by molar-refractivity contribution is 8.02. The molecule has 88 heavy (non-hydrogen) atoms. The summed E-state index contributed by atoms with van der Waals surface area (Å²) in [6.07, 6.45) is -3.99. The summed E-state index contributed by atoms with van der Waals surface area (Å²) in [5.41, 5.74) is 5.52. The Bertz CT molecular complexity index is 3860. The van der Waals surface area contributed by atoms with Crippen LogP contribution < -0.4 is 25.0 Å². The second kappa shape index (κ2) is 28.0. The Morgan fingerprint density at radius 2 is 1.36 bits per heavy atom. The van der Waals surface area contributed by atoms with Crippen LogP contribution in [0.25, 0.3) is 10.3 Å². The molecule has 3 aromatic heterocycles. The predicted molar refractivity (Wildman–Crippen MR) is 326 cm³/mol. The molecule has 0 saturated carbocycles. The number of benzene rings is 6. The number of aromatic nitrogens is 3. The Hall–Kier alpha value is -9.36. The van der Waals surface area contributed by atoms with E-state index < -0.39 is 65.6 Å². The van der Waals surface area contributed by atoms with E-state index in [-0.39, 0.29) is 23.7 Å². The molecule has 1 fully saturated rings. The number of amides is 2. The zero-order valence-electron chi connectivity index (χ0n) is 46.7. The minimum absolute atomic E-state index is 0.0543. The Kier molecular flexibility index (Phi) is 19.6. The fourth-order valence-electron chi connectivity index (χ4n) is 9.62. The van der Waals surface area contributed by atoms with Gasteiger partial charge in [-0.25, -0.2) is 19.6 Å². The average molecular weight is 1260 g/mol. The fraction of sp³-hybridized carbons (Fsp3) is 0.172. The van der Waals surface area contributed by atoms with Crippen LogP contribution in [0.2, 0.25) is 0 Å². The van der Waals surface area contributed by atoms with E-state index in [0.717, 1.165) is 48.1 Å². The molecule has 2 amide bonds. The summed E-state index contributed by atoms with van der Waals surface area (Å²) in [5, 5.41) is 21.1. The first kappa shape index (κ1) is 61.7. The van der Waals surface area contributed by atoms with Crippen LogP contribution in [0, 0.1) is 0 Å². The molecule has 2 aliphatic heterocycles. The third kappa shape index (κ3) is 14.2. The van der Waals surface area contributed by atoms with E-state index in [4.69, 9.17) is 38.9 Å². The summed E-state index contributed by atoms with van der Waals surface area (Å²) in [6.45, 7) is -0.722. The number of methoxy groups -OCH3 is 1. The summed E-state index contributed by atoms with van der Waals surface area (Å²) in [6, 6.07) is 58.6. The summed E-state index contributed by atoms with van der Waals surface area (Å²) in [5.74, 6) is -4.40. The number of rotatable bonds is 21.